The Morgan fingerprint density at radius 3 is 2.56 bits per heavy atom. The number of nitrogens with zero attached hydrogens (tertiary/aromatic N) is 2. The summed E-state index contributed by atoms with van der Waals surface area (Å²) in [6.45, 7) is 2.40. The van der Waals surface area contributed by atoms with E-state index in [-0.39, 0.29) is 23.0 Å². The van der Waals surface area contributed by atoms with Gasteiger partial charge in [0.05, 0.1) is 10.6 Å². The highest BCUT2D eigenvalue weighted by atomic mass is 32.2. The summed E-state index contributed by atoms with van der Waals surface area (Å²) in [5, 5.41) is 0. The van der Waals surface area contributed by atoms with Crippen molar-refractivity contribution in [2.75, 3.05) is 22.3 Å². The van der Waals surface area contributed by atoms with Gasteiger partial charge in [-0.2, -0.15) is 0 Å². The highest BCUT2D eigenvalue weighted by Gasteiger charge is 2.32. The van der Waals surface area contributed by atoms with E-state index in [4.69, 9.17) is 0 Å². The molecule has 7 heteroatoms. The summed E-state index contributed by atoms with van der Waals surface area (Å²) in [6, 6.07) is 9.52. The molecule has 2 aromatic carbocycles. The first-order valence-electron chi connectivity index (χ1n) is 9.11. The van der Waals surface area contributed by atoms with Crippen LogP contribution >= 0.6 is 0 Å². The molecule has 0 aliphatic carbocycles. The van der Waals surface area contributed by atoms with Crippen LogP contribution < -0.4 is 9.21 Å². The second kappa shape index (κ2) is 6.64. The maximum atomic E-state index is 14.4. The molecule has 0 aromatic heterocycles. The molecule has 0 saturated heterocycles. The lowest BCUT2D eigenvalue weighted by Gasteiger charge is -2.32. The Morgan fingerprint density at radius 2 is 1.78 bits per heavy atom. The number of aryl methyl sites for hydroxylation is 2. The summed E-state index contributed by atoms with van der Waals surface area (Å²) in [6.07, 6.45) is 2.82. The Kier molecular flexibility index (Phi) is 4.42. The molecule has 27 heavy (non-hydrogen) atoms. The van der Waals surface area contributed by atoms with Crippen LogP contribution in [0.2, 0.25) is 0 Å². The summed E-state index contributed by atoms with van der Waals surface area (Å²) in [4.78, 5) is 13.6. The first-order chi connectivity index (χ1) is 12.9. The molecule has 4 rings (SSSR count). The molecule has 2 aliphatic rings. The average Bonchev–Trinajstić information content (AvgIpc) is 2.66. The number of sulfonamides is 1. The Labute approximate surface area is 158 Å². The van der Waals surface area contributed by atoms with Gasteiger partial charge in [-0.15, -0.1) is 0 Å². The third-order valence-corrected chi connectivity index (χ3v) is 7.06. The fourth-order valence-electron chi connectivity index (χ4n) is 3.99. The molecule has 142 valence electrons. The largest absolute Gasteiger partial charge is 0.312 e. The first kappa shape index (κ1) is 18.0. The number of para-hydroxylation sites is 1. The lowest BCUT2D eigenvalue weighted by atomic mass is 10.0. The van der Waals surface area contributed by atoms with E-state index >= 15 is 0 Å². The van der Waals surface area contributed by atoms with Crippen molar-refractivity contribution >= 4 is 27.3 Å². The summed E-state index contributed by atoms with van der Waals surface area (Å²) < 4.78 is 42.2. The van der Waals surface area contributed by atoms with E-state index < -0.39 is 15.8 Å². The van der Waals surface area contributed by atoms with Gasteiger partial charge < -0.3 is 4.90 Å². The van der Waals surface area contributed by atoms with Crippen LogP contribution in [0.5, 0.6) is 0 Å². The Morgan fingerprint density at radius 1 is 1.04 bits per heavy atom. The van der Waals surface area contributed by atoms with Crippen molar-refractivity contribution < 1.29 is 17.6 Å². The van der Waals surface area contributed by atoms with Gasteiger partial charge in [0.1, 0.15) is 5.82 Å². The van der Waals surface area contributed by atoms with E-state index in [1.165, 1.54) is 23.4 Å². The van der Waals surface area contributed by atoms with Gasteiger partial charge in [-0.05, 0) is 61.1 Å². The van der Waals surface area contributed by atoms with Crippen LogP contribution in [0.25, 0.3) is 0 Å². The third-order valence-electron chi connectivity index (χ3n) is 5.26. The molecule has 2 heterocycles. The summed E-state index contributed by atoms with van der Waals surface area (Å²) in [7, 11) is -3.88. The van der Waals surface area contributed by atoms with Crippen molar-refractivity contribution in [3.8, 4) is 0 Å². The number of halogens is 1. The predicted molar refractivity (Wildman–Crippen MR) is 102 cm³/mol. The number of carbonyl (C=O) groups is 1. The highest BCUT2D eigenvalue weighted by Crippen LogP contribution is 2.36. The Balaban J connectivity index is 1.78. The van der Waals surface area contributed by atoms with Crippen LogP contribution in [0.1, 0.15) is 30.9 Å². The van der Waals surface area contributed by atoms with Gasteiger partial charge in [0, 0.05) is 25.7 Å². The molecule has 0 unspecified atom stereocenters. The molecular weight excluding hydrogens is 367 g/mol. The third kappa shape index (κ3) is 3.00. The zero-order chi connectivity index (χ0) is 19.2. The van der Waals surface area contributed by atoms with Crippen LogP contribution in [0.4, 0.5) is 15.8 Å². The van der Waals surface area contributed by atoms with E-state index in [2.05, 4.69) is 0 Å². The molecule has 0 radical (unpaired) electrons. The summed E-state index contributed by atoms with van der Waals surface area (Å²) in [5.74, 6) is -0.574. The number of hydrogen-bond acceptors (Lipinski definition) is 3. The molecule has 2 aromatic rings. The molecule has 2 aliphatic heterocycles. The lowest BCUT2D eigenvalue weighted by molar-refractivity contribution is -0.116. The molecular formula is C20H21FN2O3S. The van der Waals surface area contributed by atoms with Gasteiger partial charge in [-0.1, -0.05) is 12.1 Å². The molecule has 0 spiro atoms. The van der Waals surface area contributed by atoms with Gasteiger partial charge in [-0.3, -0.25) is 9.10 Å². The van der Waals surface area contributed by atoms with Crippen LogP contribution in [-0.2, 0) is 27.7 Å². The van der Waals surface area contributed by atoms with E-state index in [1.54, 1.807) is 29.2 Å². The fraction of sp³-hybridized carbons (Fsp3) is 0.350. The molecule has 5 nitrogen and oxygen atoms in total. The van der Waals surface area contributed by atoms with Crippen LogP contribution in [-0.4, -0.2) is 27.4 Å². The van der Waals surface area contributed by atoms with Gasteiger partial charge >= 0.3 is 0 Å². The van der Waals surface area contributed by atoms with E-state index in [0.717, 1.165) is 17.7 Å². The molecule has 0 N–H and O–H groups in total. The van der Waals surface area contributed by atoms with Crippen LogP contribution in [0.3, 0.4) is 0 Å². The Hall–Kier alpha value is -2.41. The fourth-order valence-corrected chi connectivity index (χ4v) is 5.59. The molecule has 0 atom stereocenters. The first-order valence-corrected chi connectivity index (χ1v) is 10.5. The maximum Gasteiger partial charge on any atom is 0.264 e. The summed E-state index contributed by atoms with van der Waals surface area (Å²) >= 11 is 0. The molecule has 0 fully saturated rings. The number of benzene rings is 2. The quantitative estimate of drug-likeness (QED) is 0.793. The van der Waals surface area contributed by atoms with E-state index in [0.29, 0.717) is 31.4 Å². The van der Waals surface area contributed by atoms with Crippen molar-refractivity contribution in [3.05, 3.63) is 53.3 Å². The number of hydrogen-bond donors (Lipinski definition) is 0. The molecule has 1 amide bonds. The van der Waals surface area contributed by atoms with Crippen LogP contribution in [0, 0.1) is 5.82 Å². The van der Waals surface area contributed by atoms with Crippen molar-refractivity contribution in [2.45, 2.75) is 37.5 Å². The normalized spacial score (nSPS) is 16.7. The number of rotatable bonds is 2. The second-order valence-corrected chi connectivity index (χ2v) is 8.86. The zero-order valence-corrected chi connectivity index (χ0v) is 15.9. The number of carbonyl (C=O) groups excluding carboxylic acids is 1. The predicted octanol–water partition coefficient (Wildman–Crippen LogP) is 3.27. The Bertz CT molecular complexity index is 1020. The van der Waals surface area contributed by atoms with Crippen molar-refractivity contribution in [1.82, 2.24) is 0 Å². The maximum absolute atomic E-state index is 14.4. The van der Waals surface area contributed by atoms with Crippen molar-refractivity contribution in [2.24, 2.45) is 0 Å². The zero-order valence-electron chi connectivity index (χ0n) is 15.1. The van der Waals surface area contributed by atoms with E-state index in [1.807, 2.05) is 0 Å². The minimum absolute atomic E-state index is 0.0569. The van der Waals surface area contributed by atoms with Gasteiger partial charge in [-0.25, -0.2) is 12.8 Å². The number of amides is 1. The van der Waals surface area contributed by atoms with Gasteiger partial charge in [0.25, 0.3) is 10.0 Å². The topological polar surface area (TPSA) is 57.7 Å². The SMILES string of the molecule is CC(=O)N1CCCc2cc(S(=O)(=O)N3CCCc4cccc(F)c43)ccc21. The summed E-state index contributed by atoms with van der Waals surface area (Å²) in [5.41, 5.74) is 2.47. The highest BCUT2D eigenvalue weighted by molar-refractivity contribution is 7.92. The van der Waals surface area contributed by atoms with Gasteiger partial charge in [0.2, 0.25) is 5.91 Å². The lowest BCUT2D eigenvalue weighted by Crippen LogP contribution is -2.37. The monoisotopic (exact) mass is 388 g/mol. The molecule has 0 saturated carbocycles. The number of anilines is 2. The molecule has 0 bridgehead atoms. The standard InChI is InChI=1S/C20H21FN2O3S/c1-14(24)22-11-3-7-16-13-17(9-10-19(16)22)27(25,26)23-12-4-6-15-5-2-8-18(21)20(15)23/h2,5,8-10,13H,3-4,6-7,11-12H2,1H3. The van der Waals surface area contributed by atoms with E-state index in [9.17, 15) is 17.6 Å². The average molecular weight is 388 g/mol. The van der Waals surface area contributed by atoms with Crippen LogP contribution in [0.15, 0.2) is 41.3 Å². The van der Waals surface area contributed by atoms with Crippen molar-refractivity contribution in [3.63, 3.8) is 0 Å². The number of fused-ring (bicyclic) bond motifs is 2. The van der Waals surface area contributed by atoms with Crippen molar-refractivity contribution in [1.29, 1.82) is 0 Å². The second-order valence-electron chi connectivity index (χ2n) is 6.99. The minimum Gasteiger partial charge on any atom is -0.312 e. The smallest absolute Gasteiger partial charge is 0.264 e. The van der Waals surface area contributed by atoms with Gasteiger partial charge in [0.15, 0.2) is 0 Å². The minimum atomic E-state index is -3.88.